The Hall–Kier alpha value is -2.50. The molecule has 1 aromatic heterocycles. The van der Waals surface area contributed by atoms with Crippen molar-refractivity contribution in [1.29, 1.82) is 5.26 Å². The van der Waals surface area contributed by atoms with Gasteiger partial charge in [-0.1, -0.05) is 6.07 Å². The topological polar surface area (TPSA) is 77.3 Å². The minimum absolute atomic E-state index is 0.0495. The minimum atomic E-state index is -3.72. The van der Waals surface area contributed by atoms with Crippen molar-refractivity contribution >= 4 is 15.8 Å². The van der Waals surface area contributed by atoms with Crippen LogP contribution in [0, 0.1) is 17.1 Å². The van der Waals surface area contributed by atoms with Crippen molar-refractivity contribution in [3.63, 3.8) is 0 Å². The van der Waals surface area contributed by atoms with Gasteiger partial charge in [-0.3, -0.25) is 0 Å². The van der Waals surface area contributed by atoms with Gasteiger partial charge in [-0.25, -0.2) is 17.8 Å². The normalized spacial score (nSPS) is 15.9. The second-order valence-corrected chi connectivity index (χ2v) is 7.27. The van der Waals surface area contributed by atoms with Crippen LogP contribution in [0.2, 0.25) is 0 Å². The van der Waals surface area contributed by atoms with Gasteiger partial charge in [0.05, 0.1) is 10.5 Å². The summed E-state index contributed by atoms with van der Waals surface area (Å²) in [6.07, 6.45) is 1.60. The molecule has 0 spiro atoms. The molecule has 3 rings (SSSR count). The number of anilines is 1. The smallest absolute Gasteiger partial charge is 0.243 e. The number of benzene rings is 1. The molecule has 6 nitrogen and oxygen atoms in total. The van der Waals surface area contributed by atoms with Crippen LogP contribution < -0.4 is 4.90 Å². The molecule has 0 bridgehead atoms. The van der Waals surface area contributed by atoms with Gasteiger partial charge in [0.25, 0.3) is 0 Å². The number of nitrogens with zero attached hydrogens (tertiary/aromatic N) is 4. The lowest BCUT2D eigenvalue weighted by atomic mass is 10.2. The highest BCUT2D eigenvalue weighted by Gasteiger charge is 2.29. The van der Waals surface area contributed by atoms with Crippen molar-refractivity contribution in [2.45, 2.75) is 4.90 Å². The van der Waals surface area contributed by atoms with Crippen molar-refractivity contribution in [2.24, 2.45) is 0 Å². The quantitative estimate of drug-likeness (QED) is 0.844. The van der Waals surface area contributed by atoms with Gasteiger partial charge in [-0.05, 0) is 30.3 Å². The van der Waals surface area contributed by atoms with Crippen LogP contribution in [0.1, 0.15) is 5.56 Å². The van der Waals surface area contributed by atoms with Gasteiger partial charge in [0.15, 0.2) is 0 Å². The van der Waals surface area contributed by atoms with Gasteiger partial charge in [0, 0.05) is 32.4 Å². The van der Waals surface area contributed by atoms with Crippen molar-refractivity contribution in [3.05, 3.63) is 54.0 Å². The van der Waals surface area contributed by atoms with Crippen molar-refractivity contribution in [3.8, 4) is 6.07 Å². The summed E-state index contributed by atoms with van der Waals surface area (Å²) in [6.45, 7) is 1.33. The van der Waals surface area contributed by atoms with Gasteiger partial charge in [-0.2, -0.15) is 9.57 Å². The number of hydrogen-bond donors (Lipinski definition) is 0. The first-order valence-corrected chi connectivity index (χ1v) is 8.82. The van der Waals surface area contributed by atoms with Gasteiger partial charge in [0.1, 0.15) is 17.7 Å². The van der Waals surface area contributed by atoms with E-state index in [9.17, 15) is 12.8 Å². The Morgan fingerprint density at radius 1 is 1.12 bits per heavy atom. The van der Waals surface area contributed by atoms with Crippen molar-refractivity contribution in [2.75, 3.05) is 31.1 Å². The van der Waals surface area contributed by atoms with Crippen molar-refractivity contribution in [1.82, 2.24) is 9.29 Å². The summed E-state index contributed by atoms with van der Waals surface area (Å²) in [5.74, 6) is -0.0235. The first-order chi connectivity index (χ1) is 11.5. The number of pyridine rings is 1. The second kappa shape index (κ2) is 6.55. The molecule has 2 heterocycles. The molecule has 1 saturated heterocycles. The fraction of sp³-hybridized carbons (Fsp3) is 0.250. The van der Waals surface area contributed by atoms with Crippen LogP contribution in [0.3, 0.4) is 0 Å². The largest absolute Gasteiger partial charge is 0.353 e. The Balaban J connectivity index is 1.77. The zero-order valence-electron chi connectivity index (χ0n) is 12.8. The number of nitriles is 1. The maximum absolute atomic E-state index is 13.3. The fourth-order valence-electron chi connectivity index (χ4n) is 2.65. The van der Waals surface area contributed by atoms with Crippen LogP contribution in [0.25, 0.3) is 0 Å². The third-order valence-corrected chi connectivity index (χ3v) is 5.77. The predicted octanol–water partition coefficient (Wildman–Crippen LogP) is 1.60. The molecule has 1 aliphatic heterocycles. The highest BCUT2D eigenvalue weighted by molar-refractivity contribution is 7.89. The number of aromatic nitrogens is 1. The van der Waals surface area contributed by atoms with E-state index >= 15 is 0 Å². The summed E-state index contributed by atoms with van der Waals surface area (Å²) in [5, 5.41) is 9.15. The Labute approximate surface area is 139 Å². The third-order valence-electron chi connectivity index (χ3n) is 3.88. The van der Waals surface area contributed by atoms with Crippen LogP contribution in [-0.2, 0) is 10.0 Å². The van der Waals surface area contributed by atoms with Gasteiger partial charge in [-0.15, -0.1) is 0 Å². The molecule has 1 fully saturated rings. The lowest BCUT2D eigenvalue weighted by Gasteiger charge is -2.34. The number of piperazine rings is 1. The van der Waals surface area contributed by atoms with E-state index in [2.05, 4.69) is 11.1 Å². The molecule has 1 aromatic carbocycles. The van der Waals surface area contributed by atoms with E-state index < -0.39 is 15.8 Å². The maximum atomic E-state index is 13.3. The summed E-state index contributed by atoms with van der Waals surface area (Å²) in [7, 11) is -3.72. The summed E-state index contributed by atoms with van der Waals surface area (Å²) in [5.41, 5.74) is 0.457. The molecule has 2 aromatic rings. The number of sulfonamides is 1. The highest BCUT2D eigenvalue weighted by Crippen LogP contribution is 2.22. The molecule has 0 aliphatic carbocycles. The molecule has 124 valence electrons. The lowest BCUT2D eigenvalue weighted by molar-refractivity contribution is 0.383. The summed E-state index contributed by atoms with van der Waals surface area (Å²) in [4.78, 5) is 6.05. The summed E-state index contributed by atoms with van der Waals surface area (Å²) >= 11 is 0. The van der Waals surface area contributed by atoms with E-state index in [-0.39, 0.29) is 18.0 Å². The summed E-state index contributed by atoms with van der Waals surface area (Å²) < 4.78 is 39.8. The number of rotatable bonds is 3. The van der Waals surface area contributed by atoms with Crippen LogP contribution in [0.15, 0.2) is 47.5 Å². The molecule has 1 aliphatic rings. The maximum Gasteiger partial charge on any atom is 0.243 e. The Morgan fingerprint density at radius 2 is 1.88 bits per heavy atom. The number of halogens is 1. The predicted molar refractivity (Wildman–Crippen MR) is 86.3 cm³/mol. The molecule has 0 N–H and O–H groups in total. The molecule has 8 heteroatoms. The Bertz CT molecular complexity index is 887. The SMILES string of the molecule is N#Cc1cccnc1N1CCN(S(=O)(=O)c2cccc(F)c2)CC1. The summed E-state index contributed by atoms with van der Waals surface area (Å²) in [6, 6.07) is 10.5. The first-order valence-electron chi connectivity index (χ1n) is 7.38. The third kappa shape index (κ3) is 3.09. The molecule has 0 atom stereocenters. The van der Waals surface area contributed by atoms with E-state index in [1.54, 1.807) is 18.3 Å². The molecule has 0 unspecified atom stereocenters. The highest BCUT2D eigenvalue weighted by atomic mass is 32.2. The Kier molecular flexibility index (Phi) is 4.46. The van der Waals surface area contributed by atoms with Gasteiger partial charge < -0.3 is 4.90 Å². The average Bonchev–Trinajstić information content (AvgIpc) is 2.62. The van der Waals surface area contributed by atoms with Crippen LogP contribution in [0.4, 0.5) is 10.2 Å². The Morgan fingerprint density at radius 3 is 2.54 bits per heavy atom. The van der Waals surface area contributed by atoms with Gasteiger partial charge in [0.2, 0.25) is 10.0 Å². The lowest BCUT2D eigenvalue weighted by Crippen LogP contribution is -2.49. The molecular weight excluding hydrogens is 331 g/mol. The minimum Gasteiger partial charge on any atom is -0.353 e. The monoisotopic (exact) mass is 346 g/mol. The van der Waals surface area contributed by atoms with E-state index in [1.807, 2.05) is 4.90 Å². The molecule has 0 radical (unpaired) electrons. The van der Waals surface area contributed by atoms with Crippen LogP contribution >= 0.6 is 0 Å². The molecular formula is C16H15FN4O2S. The van der Waals surface area contributed by atoms with Crippen LogP contribution in [0.5, 0.6) is 0 Å². The van der Waals surface area contributed by atoms with E-state index in [0.717, 1.165) is 6.07 Å². The van der Waals surface area contributed by atoms with E-state index in [4.69, 9.17) is 5.26 Å². The standard InChI is InChI=1S/C16H15FN4O2S/c17-14-4-1-5-15(11-14)24(22,23)21-9-7-20(8-10-21)16-13(12-18)3-2-6-19-16/h1-6,11H,7-10H2. The van der Waals surface area contributed by atoms with Gasteiger partial charge >= 0.3 is 0 Å². The zero-order valence-corrected chi connectivity index (χ0v) is 13.6. The number of hydrogen-bond acceptors (Lipinski definition) is 5. The average molecular weight is 346 g/mol. The zero-order chi connectivity index (χ0) is 17.2. The van der Waals surface area contributed by atoms with E-state index in [1.165, 1.54) is 22.5 Å². The van der Waals surface area contributed by atoms with Crippen LogP contribution in [-0.4, -0.2) is 43.9 Å². The van der Waals surface area contributed by atoms with E-state index in [0.29, 0.717) is 24.5 Å². The fourth-order valence-corrected chi connectivity index (χ4v) is 4.11. The molecule has 0 saturated carbocycles. The second-order valence-electron chi connectivity index (χ2n) is 5.33. The molecule has 0 amide bonds. The van der Waals surface area contributed by atoms with Crippen molar-refractivity contribution < 1.29 is 12.8 Å². The first kappa shape index (κ1) is 16.4. The molecule has 24 heavy (non-hydrogen) atoms.